The highest BCUT2D eigenvalue weighted by Crippen LogP contribution is 2.28. The summed E-state index contributed by atoms with van der Waals surface area (Å²) in [5.74, 6) is -0.591. The summed E-state index contributed by atoms with van der Waals surface area (Å²) in [5.41, 5.74) is 0.698. The van der Waals surface area contributed by atoms with E-state index in [1.165, 1.54) is 49.4 Å². The maximum Gasteiger partial charge on any atom is 0.274 e. The molecule has 2 aromatic rings. The molecule has 0 radical (unpaired) electrons. The van der Waals surface area contributed by atoms with Crippen molar-refractivity contribution in [2.45, 2.75) is 26.3 Å². The van der Waals surface area contributed by atoms with Gasteiger partial charge in [0, 0.05) is 11.1 Å². The van der Waals surface area contributed by atoms with Crippen LogP contribution in [0.15, 0.2) is 42.5 Å². The zero-order valence-corrected chi connectivity index (χ0v) is 17.1. The lowest BCUT2D eigenvalue weighted by atomic mass is 10.1. The number of amides is 1. The van der Waals surface area contributed by atoms with Crippen LogP contribution in [0.4, 0.5) is 17.1 Å². The number of hydrogen-bond acceptors (Lipinski definition) is 5. The third kappa shape index (κ3) is 4.79. The molecule has 1 amide bonds. The highest BCUT2D eigenvalue weighted by Gasteiger charge is 2.32. The van der Waals surface area contributed by atoms with Crippen LogP contribution in [-0.4, -0.2) is 31.5 Å². The molecule has 0 aliphatic rings. The molecule has 0 aliphatic carbocycles. The summed E-state index contributed by atoms with van der Waals surface area (Å²) >= 11 is 5.87. The molecule has 2 rings (SSSR count). The average Bonchev–Trinajstić information content (AvgIpc) is 2.61. The zero-order chi connectivity index (χ0) is 21.1. The number of anilines is 2. The van der Waals surface area contributed by atoms with Crippen LogP contribution >= 0.6 is 11.6 Å². The Labute approximate surface area is 168 Å². The summed E-state index contributed by atoms with van der Waals surface area (Å²) in [4.78, 5) is 23.4. The highest BCUT2D eigenvalue weighted by atomic mass is 35.5. The van der Waals surface area contributed by atoms with Crippen molar-refractivity contribution < 1.29 is 18.1 Å². The molecule has 0 saturated heterocycles. The minimum Gasteiger partial charge on any atom is -0.324 e. The van der Waals surface area contributed by atoms with E-state index in [0.717, 1.165) is 10.6 Å². The number of halogens is 1. The average molecular weight is 426 g/mol. The van der Waals surface area contributed by atoms with E-state index in [4.69, 9.17) is 11.6 Å². The monoisotopic (exact) mass is 425 g/mol. The molecule has 28 heavy (non-hydrogen) atoms. The maximum atomic E-state index is 12.9. The molecule has 0 heterocycles. The van der Waals surface area contributed by atoms with Gasteiger partial charge in [-0.25, -0.2) is 8.42 Å². The Morgan fingerprint density at radius 2 is 1.86 bits per heavy atom. The van der Waals surface area contributed by atoms with E-state index in [0.29, 0.717) is 10.7 Å². The van der Waals surface area contributed by atoms with Crippen molar-refractivity contribution in [2.75, 3.05) is 15.9 Å². The molecule has 0 fully saturated rings. The normalized spacial score (nSPS) is 12.3. The predicted octanol–water partition coefficient (Wildman–Crippen LogP) is 3.74. The molecule has 0 aliphatic heterocycles. The molecule has 1 atom stereocenters. The van der Waals surface area contributed by atoms with Crippen LogP contribution in [0.1, 0.15) is 18.9 Å². The molecule has 0 bridgehead atoms. The van der Waals surface area contributed by atoms with Crippen molar-refractivity contribution in [3.63, 3.8) is 0 Å². The number of nitrogens with one attached hydrogen (secondary N) is 1. The first-order valence-electron chi connectivity index (χ1n) is 8.36. The van der Waals surface area contributed by atoms with Gasteiger partial charge in [-0.15, -0.1) is 0 Å². The van der Waals surface area contributed by atoms with Gasteiger partial charge in [0.15, 0.2) is 0 Å². The summed E-state index contributed by atoms with van der Waals surface area (Å²) in [7, 11) is -3.79. The Kier molecular flexibility index (Phi) is 6.63. The Hall–Kier alpha value is -2.65. The number of hydrogen-bond donors (Lipinski definition) is 1. The molecular weight excluding hydrogens is 406 g/mol. The molecule has 150 valence electrons. The van der Waals surface area contributed by atoms with Gasteiger partial charge in [0.25, 0.3) is 5.69 Å². The third-order valence-corrected chi connectivity index (χ3v) is 5.60. The molecule has 2 aromatic carbocycles. The molecule has 0 spiro atoms. The van der Waals surface area contributed by atoms with Crippen molar-refractivity contribution in [1.82, 2.24) is 0 Å². The first kappa shape index (κ1) is 21.6. The van der Waals surface area contributed by atoms with Gasteiger partial charge in [0.2, 0.25) is 15.9 Å². The van der Waals surface area contributed by atoms with Crippen molar-refractivity contribution in [3.8, 4) is 0 Å². The van der Waals surface area contributed by atoms with Crippen LogP contribution in [0.3, 0.4) is 0 Å². The largest absolute Gasteiger partial charge is 0.324 e. The maximum absolute atomic E-state index is 12.9. The molecule has 8 nitrogen and oxygen atoms in total. The molecular formula is C18H20ClN3O5S. The fourth-order valence-corrected chi connectivity index (χ4v) is 4.16. The van der Waals surface area contributed by atoms with Gasteiger partial charge in [-0.1, -0.05) is 24.6 Å². The number of carbonyl (C=O) groups is 1. The first-order valence-corrected chi connectivity index (χ1v) is 10.6. The summed E-state index contributed by atoms with van der Waals surface area (Å²) in [6.07, 6.45) is 1.20. The lowest BCUT2D eigenvalue weighted by molar-refractivity contribution is -0.385. The summed E-state index contributed by atoms with van der Waals surface area (Å²) < 4.78 is 25.8. The van der Waals surface area contributed by atoms with Gasteiger partial charge in [-0.05, 0) is 43.7 Å². The molecule has 0 saturated carbocycles. The van der Waals surface area contributed by atoms with Crippen molar-refractivity contribution in [3.05, 3.63) is 63.2 Å². The van der Waals surface area contributed by atoms with Crippen LogP contribution in [0.25, 0.3) is 0 Å². The second-order valence-corrected chi connectivity index (χ2v) is 8.45. The Morgan fingerprint density at radius 3 is 2.36 bits per heavy atom. The number of nitrogens with zero attached hydrogens (tertiary/aromatic N) is 2. The molecule has 1 unspecified atom stereocenters. The van der Waals surface area contributed by atoms with Crippen molar-refractivity contribution in [1.29, 1.82) is 0 Å². The number of nitro groups is 1. The fourth-order valence-electron chi connectivity index (χ4n) is 2.82. The smallest absolute Gasteiger partial charge is 0.274 e. The lowest BCUT2D eigenvalue weighted by Gasteiger charge is -2.30. The number of nitro benzene ring substituents is 1. The topological polar surface area (TPSA) is 110 Å². The Morgan fingerprint density at radius 1 is 1.25 bits per heavy atom. The van der Waals surface area contributed by atoms with Gasteiger partial charge < -0.3 is 5.32 Å². The van der Waals surface area contributed by atoms with Crippen LogP contribution in [-0.2, 0) is 14.8 Å². The predicted molar refractivity (Wildman–Crippen MR) is 109 cm³/mol. The second kappa shape index (κ2) is 8.57. The van der Waals surface area contributed by atoms with Gasteiger partial charge in [0.05, 0.1) is 28.1 Å². The fraction of sp³-hybridized carbons (Fsp3) is 0.278. The van der Waals surface area contributed by atoms with Crippen LogP contribution in [0.2, 0.25) is 5.02 Å². The van der Waals surface area contributed by atoms with E-state index >= 15 is 0 Å². The van der Waals surface area contributed by atoms with Crippen molar-refractivity contribution >= 4 is 44.6 Å². The second-order valence-electron chi connectivity index (χ2n) is 6.16. The van der Waals surface area contributed by atoms with Gasteiger partial charge >= 0.3 is 0 Å². The summed E-state index contributed by atoms with van der Waals surface area (Å²) in [5, 5.41) is 14.1. The lowest BCUT2D eigenvalue weighted by Crippen LogP contribution is -2.47. The zero-order valence-electron chi connectivity index (χ0n) is 15.5. The van der Waals surface area contributed by atoms with E-state index < -0.39 is 26.9 Å². The van der Waals surface area contributed by atoms with E-state index in [1.54, 1.807) is 6.92 Å². The number of sulfonamides is 1. The van der Waals surface area contributed by atoms with Crippen molar-refractivity contribution in [2.24, 2.45) is 0 Å². The number of benzene rings is 2. The molecule has 0 aromatic heterocycles. The first-order chi connectivity index (χ1) is 13.1. The highest BCUT2D eigenvalue weighted by molar-refractivity contribution is 7.92. The minimum absolute atomic E-state index is 0.136. The summed E-state index contributed by atoms with van der Waals surface area (Å²) in [6.45, 7) is 3.20. The SMILES string of the molecule is CCC(C(=O)Nc1cccc([N+](=O)[O-])c1C)N(c1ccc(Cl)cc1)S(C)(=O)=O. The third-order valence-electron chi connectivity index (χ3n) is 4.17. The Balaban J connectivity index is 2.41. The Bertz CT molecular complexity index is 993. The van der Waals surface area contributed by atoms with Gasteiger partial charge in [0.1, 0.15) is 6.04 Å². The van der Waals surface area contributed by atoms with Crippen LogP contribution < -0.4 is 9.62 Å². The van der Waals surface area contributed by atoms with E-state index in [9.17, 15) is 23.3 Å². The number of carbonyl (C=O) groups excluding carboxylic acids is 1. The standard InChI is InChI=1S/C18H20ClN3O5S/c1-4-16(21(28(3,26)27)14-10-8-13(19)9-11-14)18(23)20-15-6-5-7-17(12(15)2)22(24)25/h5-11,16H,4H2,1-3H3,(H,20,23). The van der Waals surface area contributed by atoms with E-state index in [1.807, 2.05) is 0 Å². The van der Waals surface area contributed by atoms with E-state index in [-0.39, 0.29) is 23.4 Å². The minimum atomic E-state index is -3.79. The van der Waals surface area contributed by atoms with Gasteiger partial charge in [-0.2, -0.15) is 0 Å². The van der Waals surface area contributed by atoms with Gasteiger partial charge in [-0.3, -0.25) is 19.2 Å². The van der Waals surface area contributed by atoms with E-state index in [2.05, 4.69) is 5.32 Å². The molecule has 10 heteroatoms. The summed E-state index contributed by atoms with van der Waals surface area (Å²) in [6, 6.07) is 9.36. The quantitative estimate of drug-likeness (QED) is 0.536. The van der Waals surface area contributed by atoms with Crippen LogP contribution in [0, 0.1) is 17.0 Å². The number of rotatable bonds is 7. The molecule has 1 N–H and O–H groups in total. The van der Waals surface area contributed by atoms with Crippen LogP contribution in [0.5, 0.6) is 0 Å².